The molecule has 1 aliphatic heterocycles. The van der Waals surface area contributed by atoms with Crippen LogP contribution in [-0.2, 0) is 9.59 Å². The van der Waals surface area contributed by atoms with Gasteiger partial charge in [0.15, 0.2) is 0 Å². The summed E-state index contributed by atoms with van der Waals surface area (Å²) >= 11 is 0. The fourth-order valence-corrected chi connectivity index (χ4v) is 3.17. The smallest absolute Gasteiger partial charge is 0.246 e. The predicted octanol–water partition coefficient (Wildman–Crippen LogP) is 0.912. The van der Waals surface area contributed by atoms with Crippen LogP contribution < -0.4 is 5.32 Å². The lowest BCUT2D eigenvalue weighted by Crippen LogP contribution is -2.65. The van der Waals surface area contributed by atoms with Crippen molar-refractivity contribution >= 4 is 11.8 Å². The molecule has 3 aliphatic carbocycles. The van der Waals surface area contributed by atoms with Crippen molar-refractivity contribution in [3.63, 3.8) is 0 Å². The maximum absolute atomic E-state index is 12.6. The molecule has 2 atom stereocenters. The van der Waals surface area contributed by atoms with Crippen molar-refractivity contribution in [2.45, 2.75) is 50.6 Å². The van der Waals surface area contributed by atoms with Gasteiger partial charge in [-0.25, -0.2) is 0 Å². The van der Waals surface area contributed by atoms with E-state index >= 15 is 0 Å². The quantitative estimate of drug-likeness (QED) is 0.804. The number of hydrogen-bond donors (Lipinski definition) is 1. The van der Waals surface area contributed by atoms with Crippen molar-refractivity contribution in [2.75, 3.05) is 6.54 Å². The second kappa shape index (κ2) is 3.72. The number of rotatable bonds is 4. The molecule has 0 bridgehead atoms. The molecule has 1 N–H and O–H groups in total. The SMILES string of the molecule is O=C1NC(C2CC2)C(=O)N(CC2CC2)C1C1CC1. The Morgan fingerprint density at radius 3 is 2.22 bits per heavy atom. The average Bonchev–Trinajstić information content (AvgIpc) is 3.19. The summed E-state index contributed by atoms with van der Waals surface area (Å²) in [4.78, 5) is 26.8. The van der Waals surface area contributed by atoms with Crippen LogP contribution in [0.2, 0.25) is 0 Å². The van der Waals surface area contributed by atoms with Gasteiger partial charge in [-0.3, -0.25) is 9.59 Å². The van der Waals surface area contributed by atoms with Gasteiger partial charge in [0.1, 0.15) is 12.1 Å². The molecule has 0 aromatic carbocycles. The first-order valence-corrected chi connectivity index (χ1v) is 7.35. The van der Waals surface area contributed by atoms with E-state index in [0.717, 1.165) is 32.2 Å². The number of nitrogens with zero attached hydrogens (tertiary/aromatic N) is 1. The lowest BCUT2D eigenvalue weighted by molar-refractivity contribution is -0.151. The van der Waals surface area contributed by atoms with Gasteiger partial charge in [-0.2, -0.15) is 0 Å². The van der Waals surface area contributed by atoms with Crippen molar-refractivity contribution < 1.29 is 9.59 Å². The summed E-state index contributed by atoms with van der Waals surface area (Å²) in [5.41, 5.74) is 0. The van der Waals surface area contributed by atoms with E-state index in [4.69, 9.17) is 0 Å². The number of amides is 2. The molecule has 0 aromatic heterocycles. The number of carbonyl (C=O) groups is 2. The topological polar surface area (TPSA) is 49.4 Å². The van der Waals surface area contributed by atoms with Gasteiger partial charge in [0, 0.05) is 6.54 Å². The van der Waals surface area contributed by atoms with Gasteiger partial charge in [0.25, 0.3) is 0 Å². The maximum Gasteiger partial charge on any atom is 0.246 e. The number of hydrogen-bond acceptors (Lipinski definition) is 2. The van der Waals surface area contributed by atoms with Crippen LogP contribution in [0.4, 0.5) is 0 Å². The molecular weight excluding hydrogens is 228 g/mol. The van der Waals surface area contributed by atoms with E-state index in [-0.39, 0.29) is 23.9 Å². The second-order valence-corrected chi connectivity index (χ2v) is 6.54. The van der Waals surface area contributed by atoms with E-state index < -0.39 is 0 Å². The fourth-order valence-electron chi connectivity index (χ4n) is 3.17. The Bertz CT molecular complexity index is 397. The van der Waals surface area contributed by atoms with Crippen LogP contribution in [0.5, 0.6) is 0 Å². The molecule has 1 heterocycles. The highest BCUT2D eigenvalue weighted by atomic mass is 16.2. The molecule has 4 fully saturated rings. The minimum absolute atomic E-state index is 0.120. The van der Waals surface area contributed by atoms with Gasteiger partial charge in [0.2, 0.25) is 11.8 Å². The van der Waals surface area contributed by atoms with Crippen LogP contribution in [-0.4, -0.2) is 35.3 Å². The summed E-state index contributed by atoms with van der Waals surface area (Å²) in [7, 11) is 0. The molecule has 4 nitrogen and oxygen atoms in total. The zero-order valence-electron chi connectivity index (χ0n) is 10.6. The van der Waals surface area contributed by atoms with E-state index in [1.54, 1.807) is 0 Å². The fraction of sp³-hybridized carbons (Fsp3) is 0.857. The summed E-state index contributed by atoms with van der Waals surface area (Å²) in [5, 5.41) is 2.99. The number of nitrogens with one attached hydrogen (secondary N) is 1. The molecule has 2 amide bonds. The Morgan fingerprint density at radius 1 is 1.00 bits per heavy atom. The highest BCUT2D eigenvalue weighted by Crippen LogP contribution is 2.42. The third-order valence-electron chi connectivity index (χ3n) is 4.77. The minimum atomic E-state index is -0.203. The van der Waals surface area contributed by atoms with Crippen LogP contribution in [0.15, 0.2) is 0 Å². The largest absolute Gasteiger partial charge is 0.342 e. The van der Waals surface area contributed by atoms with Crippen molar-refractivity contribution in [1.29, 1.82) is 0 Å². The van der Waals surface area contributed by atoms with Gasteiger partial charge in [-0.15, -0.1) is 0 Å². The molecule has 1 saturated heterocycles. The number of carbonyl (C=O) groups excluding carboxylic acids is 2. The van der Waals surface area contributed by atoms with Gasteiger partial charge >= 0.3 is 0 Å². The Kier molecular flexibility index (Phi) is 2.24. The van der Waals surface area contributed by atoms with Crippen LogP contribution >= 0.6 is 0 Å². The zero-order valence-corrected chi connectivity index (χ0v) is 10.6. The lowest BCUT2D eigenvalue weighted by atomic mass is 10.00. The summed E-state index contributed by atoms with van der Waals surface area (Å²) in [6.45, 7) is 0.830. The summed E-state index contributed by atoms with van der Waals surface area (Å²) in [6.07, 6.45) is 6.89. The Labute approximate surface area is 107 Å². The number of piperazine rings is 1. The molecule has 18 heavy (non-hydrogen) atoms. The molecule has 4 rings (SSSR count). The first-order valence-electron chi connectivity index (χ1n) is 7.35. The van der Waals surface area contributed by atoms with Crippen LogP contribution in [0.1, 0.15) is 38.5 Å². The first kappa shape index (κ1) is 10.8. The second-order valence-electron chi connectivity index (χ2n) is 6.54. The van der Waals surface area contributed by atoms with Crippen molar-refractivity contribution in [1.82, 2.24) is 10.2 Å². The molecule has 98 valence electrons. The molecule has 4 aliphatic rings. The third-order valence-corrected chi connectivity index (χ3v) is 4.77. The van der Waals surface area contributed by atoms with Gasteiger partial charge in [-0.1, -0.05) is 0 Å². The molecule has 2 unspecified atom stereocenters. The zero-order chi connectivity index (χ0) is 12.3. The molecule has 0 spiro atoms. The molecule has 0 radical (unpaired) electrons. The van der Waals surface area contributed by atoms with Crippen molar-refractivity contribution in [2.24, 2.45) is 17.8 Å². The normalized spacial score (nSPS) is 36.8. The van der Waals surface area contributed by atoms with E-state index in [1.165, 1.54) is 12.8 Å². The summed E-state index contributed by atoms with van der Waals surface area (Å²) in [6, 6.07) is -0.348. The van der Waals surface area contributed by atoms with E-state index in [0.29, 0.717) is 17.8 Å². The minimum Gasteiger partial charge on any atom is -0.342 e. The monoisotopic (exact) mass is 248 g/mol. The Hall–Kier alpha value is -1.06. The summed E-state index contributed by atoms with van der Waals surface area (Å²) < 4.78 is 0. The van der Waals surface area contributed by atoms with Gasteiger partial charge in [-0.05, 0) is 56.3 Å². The van der Waals surface area contributed by atoms with Crippen LogP contribution in [0, 0.1) is 17.8 Å². The van der Waals surface area contributed by atoms with E-state index in [1.807, 2.05) is 4.90 Å². The van der Waals surface area contributed by atoms with Crippen molar-refractivity contribution in [3.8, 4) is 0 Å². The molecule has 0 aromatic rings. The predicted molar refractivity (Wildman–Crippen MR) is 65.6 cm³/mol. The summed E-state index contributed by atoms with van der Waals surface area (Å²) in [5.74, 6) is 1.85. The Morgan fingerprint density at radius 2 is 1.67 bits per heavy atom. The standard InChI is InChI=1S/C14H20N2O2/c17-13-12(10-5-6-10)16(7-8-1-2-8)14(18)11(15-13)9-3-4-9/h8-12H,1-7H2,(H,15,17). The van der Waals surface area contributed by atoms with Crippen LogP contribution in [0.25, 0.3) is 0 Å². The average molecular weight is 248 g/mol. The maximum atomic E-state index is 12.6. The molecular formula is C14H20N2O2. The molecule has 3 saturated carbocycles. The van der Waals surface area contributed by atoms with Crippen LogP contribution in [0.3, 0.4) is 0 Å². The highest BCUT2D eigenvalue weighted by molar-refractivity contribution is 5.97. The highest BCUT2D eigenvalue weighted by Gasteiger charge is 2.51. The van der Waals surface area contributed by atoms with Crippen molar-refractivity contribution in [3.05, 3.63) is 0 Å². The molecule has 4 heteroatoms. The Balaban J connectivity index is 1.57. The lowest BCUT2D eigenvalue weighted by Gasteiger charge is -2.39. The van der Waals surface area contributed by atoms with E-state index in [2.05, 4.69) is 5.32 Å². The first-order chi connectivity index (χ1) is 8.74. The van der Waals surface area contributed by atoms with E-state index in [9.17, 15) is 9.59 Å². The third kappa shape index (κ3) is 1.82. The van der Waals surface area contributed by atoms with Gasteiger partial charge < -0.3 is 10.2 Å². The van der Waals surface area contributed by atoms with Gasteiger partial charge in [0.05, 0.1) is 0 Å².